The van der Waals surface area contributed by atoms with Crippen molar-refractivity contribution in [1.82, 2.24) is 0 Å². The van der Waals surface area contributed by atoms with Gasteiger partial charge in [0, 0.05) is 6.42 Å². The summed E-state index contributed by atoms with van der Waals surface area (Å²) in [5.74, 6) is -0.217. The molecule has 0 aromatic heterocycles. The minimum Gasteiger partial charge on any atom is -0.485 e. The molecule has 0 radical (unpaired) electrons. The van der Waals surface area contributed by atoms with E-state index in [4.69, 9.17) is 9.47 Å². The molecule has 1 unspecified atom stereocenters. The maximum Gasteiger partial charge on any atom is 0.165 e. The van der Waals surface area contributed by atoms with Crippen LogP contribution >= 0.6 is 0 Å². The molecule has 3 nitrogen and oxygen atoms in total. The zero-order chi connectivity index (χ0) is 11.5. The van der Waals surface area contributed by atoms with Crippen molar-refractivity contribution in [1.29, 1.82) is 0 Å². The lowest BCUT2D eigenvalue weighted by Crippen LogP contribution is -2.16. The Morgan fingerprint density at radius 2 is 2.38 bits per heavy atom. The number of ether oxygens (including phenoxy) is 2. The van der Waals surface area contributed by atoms with Gasteiger partial charge in [-0.2, -0.15) is 0 Å². The molecule has 2 atom stereocenters. The second-order valence-corrected chi connectivity index (χ2v) is 3.97. The summed E-state index contributed by atoms with van der Waals surface area (Å²) in [6.07, 6.45) is 0.0580. The van der Waals surface area contributed by atoms with Crippen LogP contribution in [0.3, 0.4) is 0 Å². The second kappa shape index (κ2) is 4.80. The number of halogens is 1. The van der Waals surface area contributed by atoms with Gasteiger partial charge in [0.05, 0.1) is 19.3 Å². The summed E-state index contributed by atoms with van der Waals surface area (Å²) in [5, 5.41) is 9.30. The van der Waals surface area contributed by atoms with Crippen LogP contribution in [0.4, 0.5) is 4.39 Å². The Balaban J connectivity index is 2.09. The van der Waals surface area contributed by atoms with Gasteiger partial charge in [0.25, 0.3) is 0 Å². The Kier molecular flexibility index (Phi) is 3.41. The smallest absolute Gasteiger partial charge is 0.165 e. The van der Waals surface area contributed by atoms with Crippen molar-refractivity contribution in [3.63, 3.8) is 0 Å². The normalized spacial score (nSPS) is 22.1. The number of hydrogen-bond donors (Lipinski definition) is 1. The molecule has 1 fully saturated rings. The van der Waals surface area contributed by atoms with E-state index in [-0.39, 0.29) is 11.9 Å². The molecule has 1 aliphatic heterocycles. The van der Waals surface area contributed by atoms with Gasteiger partial charge in [-0.15, -0.1) is 0 Å². The van der Waals surface area contributed by atoms with Crippen LogP contribution in [-0.4, -0.2) is 24.4 Å². The van der Waals surface area contributed by atoms with Crippen molar-refractivity contribution >= 4 is 0 Å². The maximum absolute atomic E-state index is 13.6. The predicted octanol–water partition coefficient (Wildman–Crippen LogP) is 2.05. The number of aliphatic hydroxyl groups excluding tert-OH is 1. The SMILES string of the molecule is C[C@@H](O)c1ccc(OC2CCOC2)c(F)c1. The van der Waals surface area contributed by atoms with Gasteiger partial charge in [-0.05, 0) is 24.6 Å². The Hall–Kier alpha value is -1.13. The molecule has 0 amide bonds. The van der Waals surface area contributed by atoms with Crippen LogP contribution in [0.15, 0.2) is 18.2 Å². The van der Waals surface area contributed by atoms with Crippen LogP contribution in [-0.2, 0) is 4.74 Å². The van der Waals surface area contributed by atoms with E-state index in [9.17, 15) is 9.50 Å². The van der Waals surface area contributed by atoms with Crippen LogP contribution in [0.5, 0.6) is 5.75 Å². The van der Waals surface area contributed by atoms with Crippen molar-refractivity contribution in [3.8, 4) is 5.75 Å². The Bertz CT molecular complexity index is 359. The van der Waals surface area contributed by atoms with Crippen molar-refractivity contribution in [2.24, 2.45) is 0 Å². The minimum absolute atomic E-state index is 0.0631. The third kappa shape index (κ3) is 2.51. The number of rotatable bonds is 3. The molecule has 1 heterocycles. The molecule has 1 aromatic carbocycles. The third-order valence-electron chi connectivity index (χ3n) is 2.62. The van der Waals surface area contributed by atoms with Gasteiger partial charge in [-0.1, -0.05) is 6.07 Å². The van der Waals surface area contributed by atoms with Crippen molar-refractivity contribution in [3.05, 3.63) is 29.6 Å². The topological polar surface area (TPSA) is 38.7 Å². The Morgan fingerprint density at radius 1 is 1.56 bits per heavy atom. The molecule has 4 heteroatoms. The van der Waals surface area contributed by atoms with Gasteiger partial charge in [0.15, 0.2) is 11.6 Å². The van der Waals surface area contributed by atoms with Crippen LogP contribution in [0.2, 0.25) is 0 Å². The first kappa shape index (κ1) is 11.4. The first-order chi connectivity index (χ1) is 7.66. The first-order valence-corrected chi connectivity index (χ1v) is 5.38. The summed E-state index contributed by atoms with van der Waals surface area (Å²) < 4.78 is 24.2. The first-order valence-electron chi connectivity index (χ1n) is 5.38. The predicted molar refractivity (Wildman–Crippen MR) is 56.9 cm³/mol. The van der Waals surface area contributed by atoms with Crippen LogP contribution in [0, 0.1) is 5.82 Å². The highest BCUT2D eigenvalue weighted by Gasteiger charge is 2.19. The van der Waals surface area contributed by atoms with Crippen molar-refractivity contribution in [2.75, 3.05) is 13.2 Å². The number of aliphatic hydroxyl groups is 1. The zero-order valence-electron chi connectivity index (χ0n) is 9.15. The number of hydrogen-bond acceptors (Lipinski definition) is 3. The standard InChI is InChI=1S/C12H15FO3/c1-8(14)9-2-3-12(11(13)6-9)16-10-4-5-15-7-10/h2-3,6,8,10,14H,4-5,7H2,1H3/t8-,10?/m1/s1. The van der Waals surface area contributed by atoms with Gasteiger partial charge in [-0.3, -0.25) is 0 Å². The van der Waals surface area contributed by atoms with Crippen molar-refractivity contribution < 1.29 is 19.0 Å². The van der Waals surface area contributed by atoms with Crippen LogP contribution in [0.1, 0.15) is 25.0 Å². The van der Waals surface area contributed by atoms with Crippen molar-refractivity contribution in [2.45, 2.75) is 25.6 Å². The molecule has 0 bridgehead atoms. The third-order valence-corrected chi connectivity index (χ3v) is 2.62. The summed E-state index contributed by atoms with van der Waals surface area (Å²) in [5.41, 5.74) is 0.549. The molecule has 1 aliphatic rings. The summed E-state index contributed by atoms with van der Waals surface area (Å²) >= 11 is 0. The van der Waals surface area contributed by atoms with E-state index in [1.165, 1.54) is 6.07 Å². The summed E-state index contributed by atoms with van der Waals surface area (Å²) in [6, 6.07) is 4.52. The lowest BCUT2D eigenvalue weighted by atomic mass is 10.1. The molecule has 0 spiro atoms. The molecular formula is C12H15FO3. The largest absolute Gasteiger partial charge is 0.485 e. The van der Waals surface area contributed by atoms with E-state index in [0.717, 1.165) is 6.42 Å². The quantitative estimate of drug-likeness (QED) is 0.857. The van der Waals surface area contributed by atoms with Crippen LogP contribution in [0.25, 0.3) is 0 Å². The monoisotopic (exact) mass is 226 g/mol. The summed E-state index contributed by atoms with van der Waals surface area (Å²) in [7, 11) is 0. The summed E-state index contributed by atoms with van der Waals surface area (Å²) in [4.78, 5) is 0. The van der Waals surface area contributed by atoms with Gasteiger partial charge in [-0.25, -0.2) is 4.39 Å². The molecule has 0 aliphatic carbocycles. The van der Waals surface area contributed by atoms with E-state index >= 15 is 0 Å². The average molecular weight is 226 g/mol. The van der Waals surface area contributed by atoms with Gasteiger partial charge in [0.2, 0.25) is 0 Å². The second-order valence-electron chi connectivity index (χ2n) is 3.97. The highest BCUT2D eigenvalue weighted by atomic mass is 19.1. The molecule has 1 aromatic rings. The van der Waals surface area contributed by atoms with Gasteiger partial charge < -0.3 is 14.6 Å². The fraction of sp³-hybridized carbons (Fsp3) is 0.500. The molecule has 16 heavy (non-hydrogen) atoms. The fourth-order valence-corrected chi connectivity index (χ4v) is 1.66. The minimum atomic E-state index is -0.668. The fourth-order valence-electron chi connectivity index (χ4n) is 1.66. The molecule has 2 rings (SSSR count). The maximum atomic E-state index is 13.6. The lowest BCUT2D eigenvalue weighted by Gasteiger charge is -2.13. The molecule has 1 N–H and O–H groups in total. The van der Waals surface area contributed by atoms with E-state index in [2.05, 4.69) is 0 Å². The number of benzene rings is 1. The van der Waals surface area contributed by atoms with Crippen LogP contribution < -0.4 is 4.74 Å². The molecule has 0 saturated carbocycles. The lowest BCUT2D eigenvalue weighted by molar-refractivity contribution is 0.138. The average Bonchev–Trinajstić information content (AvgIpc) is 2.73. The van der Waals surface area contributed by atoms with E-state index in [1.807, 2.05) is 0 Å². The molecule has 88 valence electrons. The zero-order valence-corrected chi connectivity index (χ0v) is 9.15. The Morgan fingerprint density at radius 3 is 2.94 bits per heavy atom. The molecule has 1 saturated heterocycles. The van der Waals surface area contributed by atoms with E-state index < -0.39 is 11.9 Å². The van der Waals surface area contributed by atoms with E-state index in [0.29, 0.717) is 18.8 Å². The van der Waals surface area contributed by atoms with E-state index in [1.54, 1.807) is 19.1 Å². The van der Waals surface area contributed by atoms with Gasteiger partial charge in [0.1, 0.15) is 6.10 Å². The highest BCUT2D eigenvalue weighted by molar-refractivity contribution is 5.30. The highest BCUT2D eigenvalue weighted by Crippen LogP contribution is 2.24. The summed E-state index contributed by atoms with van der Waals surface area (Å²) in [6.45, 7) is 2.77. The molecular weight excluding hydrogens is 211 g/mol. The Labute approximate surface area is 93.8 Å². The van der Waals surface area contributed by atoms with Gasteiger partial charge >= 0.3 is 0 Å².